The van der Waals surface area contributed by atoms with Crippen LogP contribution in [-0.2, 0) is 13.5 Å². The van der Waals surface area contributed by atoms with Crippen molar-refractivity contribution in [2.75, 3.05) is 26.2 Å². The van der Waals surface area contributed by atoms with Crippen LogP contribution in [-0.4, -0.2) is 52.1 Å². The number of nitrogens with one attached hydrogen (secondary N) is 1. The van der Waals surface area contributed by atoms with Gasteiger partial charge in [-0.15, -0.1) is 0 Å². The summed E-state index contributed by atoms with van der Waals surface area (Å²) in [6.45, 7) is 8.37. The topological polar surface area (TPSA) is 70.4 Å². The first-order chi connectivity index (χ1) is 10.9. The van der Waals surface area contributed by atoms with E-state index in [-0.39, 0.29) is 18.1 Å². The molecule has 1 atom stereocenters. The third-order valence-corrected chi connectivity index (χ3v) is 4.99. The van der Waals surface area contributed by atoms with Gasteiger partial charge in [0.2, 0.25) is 0 Å². The van der Waals surface area contributed by atoms with Gasteiger partial charge in [-0.1, -0.05) is 6.92 Å². The Kier molecular flexibility index (Phi) is 5.68. The maximum absolute atomic E-state index is 12.3. The van der Waals surface area contributed by atoms with Gasteiger partial charge in [-0.25, -0.2) is 4.79 Å². The standard InChI is InChI=1S/C17H30N4O2/c1-13-15(14(2)20(4)19-13)7-5-9-18-16(23)21-10-6-8-17(3,11-21)12-22/h22H,5-12H2,1-4H3,(H,18,23). The first-order valence-corrected chi connectivity index (χ1v) is 8.49. The molecule has 6 heteroatoms. The highest BCUT2D eigenvalue weighted by molar-refractivity contribution is 5.74. The fraction of sp³-hybridized carbons (Fsp3) is 0.765. The summed E-state index contributed by atoms with van der Waals surface area (Å²) in [5.74, 6) is 0. The Hall–Kier alpha value is -1.56. The van der Waals surface area contributed by atoms with E-state index in [0.717, 1.165) is 37.9 Å². The molecule has 2 amide bonds. The summed E-state index contributed by atoms with van der Waals surface area (Å²) < 4.78 is 1.91. The third-order valence-electron chi connectivity index (χ3n) is 4.99. The predicted octanol–water partition coefficient (Wildman–Crippen LogP) is 1.77. The van der Waals surface area contributed by atoms with Crippen LogP contribution in [0.15, 0.2) is 0 Å². The van der Waals surface area contributed by atoms with Crippen LogP contribution in [0.1, 0.15) is 43.1 Å². The molecule has 0 radical (unpaired) electrons. The average Bonchev–Trinajstić information content (AvgIpc) is 2.77. The van der Waals surface area contributed by atoms with E-state index >= 15 is 0 Å². The number of hydrogen-bond donors (Lipinski definition) is 2. The number of aliphatic hydroxyl groups is 1. The van der Waals surface area contributed by atoms with Gasteiger partial charge in [0, 0.05) is 37.8 Å². The van der Waals surface area contributed by atoms with Crippen LogP contribution >= 0.6 is 0 Å². The molecule has 0 aliphatic carbocycles. The molecule has 2 rings (SSSR count). The normalized spacial score (nSPS) is 21.5. The number of urea groups is 1. The zero-order valence-electron chi connectivity index (χ0n) is 14.9. The number of carbonyl (C=O) groups is 1. The van der Waals surface area contributed by atoms with Crippen LogP contribution in [0.3, 0.4) is 0 Å². The second-order valence-corrected chi connectivity index (χ2v) is 7.10. The molecule has 1 saturated heterocycles. The van der Waals surface area contributed by atoms with E-state index in [1.165, 1.54) is 11.3 Å². The lowest BCUT2D eigenvalue weighted by atomic mass is 9.83. The molecule has 1 aromatic heterocycles. The lowest BCUT2D eigenvalue weighted by Gasteiger charge is -2.39. The minimum absolute atomic E-state index is 0.0102. The number of carbonyl (C=O) groups excluding carboxylic acids is 1. The SMILES string of the molecule is Cc1nn(C)c(C)c1CCCNC(=O)N1CCCC(C)(CO)C1. The van der Waals surface area contributed by atoms with Crippen molar-refractivity contribution < 1.29 is 9.90 Å². The second-order valence-electron chi connectivity index (χ2n) is 7.10. The van der Waals surface area contributed by atoms with Gasteiger partial charge < -0.3 is 15.3 Å². The van der Waals surface area contributed by atoms with Gasteiger partial charge in [0.15, 0.2) is 0 Å². The van der Waals surface area contributed by atoms with Crippen molar-refractivity contribution in [3.05, 3.63) is 17.0 Å². The van der Waals surface area contributed by atoms with Gasteiger partial charge in [-0.3, -0.25) is 4.68 Å². The summed E-state index contributed by atoms with van der Waals surface area (Å²) in [7, 11) is 1.96. The number of rotatable bonds is 5. The lowest BCUT2D eigenvalue weighted by Crippen LogP contribution is -2.50. The van der Waals surface area contributed by atoms with E-state index in [4.69, 9.17) is 0 Å². The second kappa shape index (κ2) is 7.34. The zero-order chi connectivity index (χ0) is 17.0. The number of nitrogens with zero attached hydrogens (tertiary/aromatic N) is 3. The van der Waals surface area contributed by atoms with Crippen LogP contribution < -0.4 is 5.32 Å². The molecule has 0 spiro atoms. The van der Waals surface area contributed by atoms with Crippen LogP contribution in [0.2, 0.25) is 0 Å². The maximum Gasteiger partial charge on any atom is 0.317 e. The zero-order valence-corrected chi connectivity index (χ0v) is 14.9. The molecular weight excluding hydrogens is 292 g/mol. The van der Waals surface area contributed by atoms with Crippen LogP contribution in [0.4, 0.5) is 4.79 Å². The van der Waals surface area contributed by atoms with Gasteiger partial charge in [-0.2, -0.15) is 5.10 Å². The third kappa shape index (κ3) is 4.25. The van der Waals surface area contributed by atoms with Crippen molar-refractivity contribution >= 4 is 6.03 Å². The fourth-order valence-electron chi connectivity index (χ4n) is 3.37. The van der Waals surface area contributed by atoms with Crippen molar-refractivity contribution in [2.45, 2.75) is 46.5 Å². The lowest BCUT2D eigenvalue weighted by molar-refractivity contribution is 0.0616. The maximum atomic E-state index is 12.3. The number of aliphatic hydroxyl groups excluding tert-OH is 1. The first-order valence-electron chi connectivity index (χ1n) is 8.49. The Morgan fingerprint density at radius 1 is 1.43 bits per heavy atom. The summed E-state index contributed by atoms with van der Waals surface area (Å²) >= 11 is 0. The molecule has 2 heterocycles. The number of aromatic nitrogens is 2. The highest BCUT2D eigenvalue weighted by atomic mass is 16.3. The van der Waals surface area contributed by atoms with E-state index in [0.29, 0.717) is 13.1 Å². The Bertz CT molecular complexity index is 555. The van der Waals surface area contributed by atoms with Gasteiger partial charge in [0.05, 0.1) is 12.3 Å². The van der Waals surface area contributed by atoms with Gasteiger partial charge in [0.1, 0.15) is 0 Å². The molecule has 0 bridgehead atoms. The number of amides is 2. The van der Waals surface area contributed by atoms with E-state index in [9.17, 15) is 9.90 Å². The van der Waals surface area contributed by atoms with Crippen molar-refractivity contribution in [1.29, 1.82) is 0 Å². The smallest absolute Gasteiger partial charge is 0.317 e. The Balaban J connectivity index is 1.77. The molecule has 1 aliphatic heterocycles. The minimum Gasteiger partial charge on any atom is -0.396 e. The number of hydrogen-bond acceptors (Lipinski definition) is 3. The fourth-order valence-corrected chi connectivity index (χ4v) is 3.37. The average molecular weight is 322 g/mol. The molecule has 1 unspecified atom stereocenters. The summed E-state index contributed by atoms with van der Waals surface area (Å²) in [6.07, 6.45) is 3.77. The molecule has 0 saturated carbocycles. The van der Waals surface area contributed by atoms with Gasteiger partial charge in [-0.05, 0) is 45.1 Å². The molecule has 1 aliphatic rings. The summed E-state index contributed by atoms with van der Waals surface area (Å²) in [4.78, 5) is 14.1. The first kappa shape index (κ1) is 17.8. The van der Waals surface area contributed by atoms with E-state index in [1.807, 2.05) is 30.5 Å². The van der Waals surface area contributed by atoms with E-state index < -0.39 is 0 Å². The van der Waals surface area contributed by atoms with Crippen LogP contribution in [0.5, 0.6) is 0 Å². The number of piperidine rings is 1. The molecule has 2 N–H and O–H groups in total. The number of likely N-dealkylation sites (tertiary alicyclic amines) is 1. The Labute approximate surface area is 138 Å². The van der Waals surface area contributed by atoms with Crippen molar-refractivity contribution in [1.82, 2.24) is 20.0 Å². The van der Waals surface area contributed by atoms with Crippen LogP contribution in [0, 0.1) is 19.3 Å². The molecule has 0 aromatic carbocycles. The Morgan fingerprint density at radius 2 is 2.17 bits per heavy atom. The van der Waals surface area contributed by atoms with Crippen molar-refractivity contribution in [3.8, 4) is 0 Å². The highest BCUT2D eigenvalue weighted by Gasteiger charge is 2.32. The molecule has 1 aromatic rings. The predicted molar refractivity (Wildman–Crippen MR) is 90.4 cm³/mol. The van der Waals surface area contributed by atoms with E-state index in [1.54, 1.807) is 0 Å². The minimum atomic E-state index is -0.153. The quantitative estimate of drug-likeness (QED) is 0.812. The molecular formula is C17H30N4O2. The number of aryl methyl sites for hydroxylation is 2. The summed E-state index contributed by atoms with van der Waals surface area (Å²) in [6, 6.07) is -0.0102. The monoisotopic (exact) mass is 322 g/mol. The molecule has 1 fully saturated rings. The molecule has 23 heavy (non-hydrogen) atoms. The highest BCUT2D eigenvalue weighted by Crippen LogP contribution is 2.28. The van der Waals surface area contributed by atoms with Crippen molar-refractivity contribution in [2.24, 2.45) is 12.5 Å². The largest absolute Gasteiger partial charge is 0.396 e. The molecule has 130 valence electrons. The van der Waals surface area contributed by atoms with Gasteiger partial charge in [0.25, 0.3) is 0 Å². The Morgan fingerprint density at radius 3 is 2.78 bits per heavy atom. The van der Waals surface area contributed by atoms with Crippen LogP contribution in [0.25, 0.3) is 0 Å². The van der Waals surface area contributed by atoms with Crippen molar-refractivity contribution in [3.63, 3.8) is 0 Å². The van der Waals surface area contributed by atoms with E-state index in [2.05, 4.69) is 17.3 Å². The summed E-state index contributed by atoms with van der Waals surface area (Å²) in [5.41, 5.74) is 3.40. The molecule has 6 nitrogen and oxygen atoms in total. The summed E-state index contributed by atoms with van der Waals surface area (Å²) in [5, 5.41) is 16.9. The van der Waals surface area contributed by atoms with Gasteiger partial charge >= 0.3 is 6.03 Å².